The summed E-state index contributed by atoms with van der Waals surface area (Å²) in [5.74, 6) is 0. The maximum absolute atomic E-state index is 4.76. The summed E-state index contributed by atoms with van der Waals surface area (Å²) in [4.78, 5) is 0. The molecule has 0 aliphatic rings. The fourth-order valence-corrected chi connectivity index (χ4v) is 0.167. The summed E-state index contributed by atoms with van der Waals surface area (Å²) < 4.78 is 9.32. The van der Waals surface area contributed by atoms with Gasteiger partial charge in [-0.1, -0.05) is 0 Å². The third kappa shape index (κ3) is 3.98. The molecule has 0 N–H and O–H groups in total. The molecule has 0 fully saturated rings. The molecule has 0 amide bonds. The lowest BCUT2D eigenvalue weighted by Crippen LogP contribution is -1.96. The minimum Gasteiger partial charge on any atom is -0.364 e. The Morgan fingerprint density at radius 2 is 2.33 bits per heavy atom. The predicted octanol–water partition coefficient (Wildman–Crippen LogP) is -0.803. The summed E-state index contributed by atoms with van der Waals surface area (Å²) in [5, 5.41) is 0. The van der Waals surface area contributed by atoms with Crippen LogP contribution in [0, 0.1) is 0 Å². The zero-order valence-electron chi connectivity index (χ0n) is 4.23. The highest BCUT2D eigenvalue weighted by Crippen LogP contribution is 1.66. The van der Waals surface area contributed by atoms with Crippen LogP contribution in [-0.4, -0.2) is 28.3 Å². The van der Waals surface area contributed by atoms with E-state index in [0.29, 0.717) is 6.79 Å². The molecule has 0 aromatic heterocycles. The fraction of sp³-hybridized carbons (Fsp3) is 1.00. The van der Waals surface area contributed by atoms with Gasteiger partial charge in [-0.3, -0.25) is 0 Å². The van der Waals surface area contributed by atoms with Gasteiger partial charge in [0, 0.05) is 13.6 Å². The maximum atomic E-state index is 4.76. The van der Waals surface area contributed by atoms with Gasteiger partial charge in [-0.25, -0.2) is 0 Å². The average molecular weight is 87.9 g/mol. The monoisotopic (exact) mass is 88.1 g/mol. The summed E-state index contributed by atoms with van der Waals surface area (Å²) in [7, 11) is 3.54. The van der Waals surface area contributed by atoms with Crippen LogP contribution in [0.1, 0.15) is 0 Å². The molecule has 2 nitrogen and oxygen atoms in total. The van der Waals surface area contributed by atoms with Crippen LogP contribution in [-0.2, 0) is 9.47 Å². The quantitative estimate of drug-likeness (QED) is 0.255. The molecular formula is C3H9BO2. The van der Waals surface area contributed by atoms with Crippen molar-refractivity contribution in [2.45, 2.75) is 0 Å². The first-order valence-corrected chi connectivity index (χ1v) is 1.98. The van der Waals surface area contributed by atoms with Crippen LogP contribution in [0.2, 0.25) is 0 Å². The molecule has 3 heteroatoms. The lowest BCUT2D eigenvalue weighted by Gasteiger charge is -1.93. The summed E-state index contributed by atoms with van der Waals surface area (Å²) in [6.45, 7) is 1.14. The number of hydrogen-bond acceptors (Lipinski definition) is 2. The first-order valence-electron chi connectivity index (χ1n) is 1.98. The van der Waals surface area contributed by atoms with Crippen molar-refractivity contribution in [1.29, 1.82) is 0 Å². The highest BCUT2D eigenvalue weighted by Gasteiger charge is 1.71. The van der Waals surface area contributed by atoms with E-state index in [2.05, 4.69) is 4.74 Å². The molecule has 0 spiro atoms. The van der Waals surface area contributed by atoms with Gasteiger partial charge in [0.05, 0.1) is 0 Å². The van der Waals surface area contributed by atoms with Gasteiger partial charge < -0.3 is 9.47 Å². The Hall–Kier alpha value is -0.0151. The number of hydrogen-bond donors (Lipinski definition) is 0. The number of rotatable bonds is 3. The highest BCUT2D eigenvalue weighted by molar-refractivity contribution is 6.08. The molecule has 6 heavy (non-hydrogen) atoms. The topological polar surface area (TPSA) is 18.5 Å². The van der Waals surface area contributed by atoms with Crippen molar-refractivity contribution in [2.75, 3.05) is 20.4 Å². The molecule has 0 aromatic carbocycles. The SMILES string of the molecule is BCOCOC. The Morgan fingerprint density at radius 1 is 1.67 bits per heavy atom. The molecule has 0 radical (unpaired) electrons. The average Bonchev–Trinajstić information content (AvgIpc) is 1.61. The molecule has 0 atom stereocenters. The zero-order valence-corrected chi connectivity index (χ0v) is 4.23. The van der Waals surface area contributed by atoms with Gasteiger partial charge in [0.25, 0.3) is 0 Å². The molecule has 0 aliphatic carbocycles. The first kappa shape index (κ1) is 5.98. The van der Waals surface area contributed by atoms with E-state index < -0.39 is 0 Å². The molecule has 0 aliphatic heterocycles. The first-order chi connectivity index (χ1) is 2.91. The van der Waals surface area contributed by atoms with Gasteiger partial charge in [-0.15, -0.1) is 0 Å². The van der Waals surface area contributed by atoms with Crippen LogP contribution < -0.4 is 0 Å². The summed E-state index contributed by atoms with van der Waals surface area (Å²) in [5.41, 5.74) is 0. The van der Waals surface area contributed by atoms with Gasteiger partial charge in [-0.2, -0.15) is 0 Å². The Labute approximate surface area is 38.8 Å². The van der Waals surface area contributed by atoms with E-state index >= 15 is 0 Å². The maximum Gasteiger partial charge on any atom is 0.145 e. The molecule has 0 unspecified atom stereocenters. The fourth-order valence-electron chi connectivity index (χ4n) is 0.167. The van der Waals surface area contributed by atoms with E-state index in [4.69, 9.17) is 4.74 Å². The second-order valence-electron chi connectivity index (χ2n) is 0.899. The van der Waals surface area contributed by atoms with E-state index in [0.717, 1.165) is 6.51 Å². The van der Waals surface area contributed by atoms with E-state index in [-0.39, 0.29) is 0 Å². The van der Waals surface area contributed by atoms with Crippen molar-refractivity contribution < 1.29 is 9.47 Å². The van der Waals surface area contributed by atoms with Crippen molar-refractivity contribution >= 4 is 7.85 Å². The van der Waals surface area contributed by atoms with E-state index in [1.54, 1.807) is 7.11 Å². The summed E-state index contributed by atoms with van der Waals surface area (Å²) >= 11 is 0. The second kappa shape index (κ2) is 4.98. The minimum absolute atomic E-state index is 0.413. The lowest BCUT2D eigenvalue weighted by atomic mass is 10.2. The van der Waals surface area contributed by atoms with E-state index in [1.807, 2.05) is 7.85 Å². The Balaban J connectivity index is 2.34. The lowest BCUT2D eigenvalue weighted by molar-refractivity contribution is -0.0115. The standard InChI is InChI=1S/C3H9BO2/c1-5-3-6-2-4/h2-4H2,1H3. The molecule has 0 aromatic rings. The minimum atomic E-state index is 0.413. The van der Waals surface area contributed by atoms with E-state index in [1.165, 1.54) is 0 Å². The Bertz CT molecular complexity index is 20.8. The van der Waals surface area contributed by atoms with Crippen molar-refractivity contribution in [3.8, 4) is 0 Å². The van der Waals surface area contributed by atoms with E-state index in [9.17, 15) is 0 Å². The normalized spacial score (nSPS) is 8.83. The van der Waals surface area contributed by atoms with Gasteiger partial charge >= 0.3 is 0 Å². The van der Waals surface area contributed by atoms with Crippen LogP contribution in [0.25, 0.3) is 0 Å². The summed E-state index contributed by atoms with van der Waals surface area (Å²) in [6, 6.07) is 0. The van der Waals surface area contributed by atoms with Crippen molar-refractivity contribution in [1.82, 2.24) is 0 Å². The van der Waals surface area contributed by atoms with Crippen LogP contribution in [0.3, 0.4) is 0 Å². The third-order valence-corrected chi connectivity index (χ3v) is 0.405. The largest absolute Gasteiger partial charge is 0.364 e. The third-order valence-electron chi connectivity index (χ3n) is 0.405. The number of methoxy groups -OCH3 is 1. The van der Waals surface area contributed by atoms with Gasteiger partial charge in [0.2, 0.25) is 0 Å². The number of ether oxygens (including phenoxy) is 2. The molecule has 0 saturated heterocycles. The predicted molar refractivity (Wildman–Crippen MR) is 26.4 cm³/mol. The molecule has 0 saturated carbocycles. The highest BCUT2D eigenvalue weighted by atomic mass is 16.7. The molecule has 0 bridgehead atoms. The Morgan fingerprint density at radius 3 is 2.50 bits per heavy atom. The van der Waals surface area contributed by atoms with Crippen LogP contribution in [0.15, 0.2) is 0 Å². The molecule has 36 valence electrons. The van der Waals surface area contributed by atoms with Crippen LogP contribution in [0.4, 0.5) is 0 Å². The van der Waals surface area contributed by atoms with Crippen LogP contribution in [0.5, 0.6) is 0 Å². The molecular weight excluding hydrogens is 78.8 g/mol. The smallest absolute Gasteiger partial charge is 0.145 e. The van der Waals surface area contributed by atoms with Crippen molar-refractivity contribution in [2.24, 2.45) is 0 Å². The molecule has 0 rings (SSSR count). The Kier molecular flexibility index (Phi) is 4.97. The zero-order chi connectivity index (χ0) is 4.83. The van der Waals surface area contributed by atoms with Gasteiger partial charge in [0.1, 0.15) is 14.6 Å². The van der Waals surface area contributed by atoms with Gasteiger partial charge in [-0.05, 0) is 0 Å². The molecule has 0 heterocycles. The van der Waals surface area contributed by atoms with Crippen molar-refractivity contribution in [3.63, 3.8) is 0 Å². The van der Waals surface area contributed by atoms with Crippen molar-refractivity contribution in [3.05, 3.63) is 0 Å². The second-order valence-corrected chi connectivity index (χ2v) is 0.899. The van der Waals surface area contributed by atoms with Gasteiger partial charge in [0.15, 0.2) is 0 Å². The summed E-state index contributed by atoms with van der Waals surface area (Å²) in [6.07, 6.45) is 0. The van der Waals surface area contributed by atoms with Crippen LogP contribution >= 0.6 is 0 Å².